The second-order valence-electron chi connectivity index (χ2n) is 5.92. The van der Waals surface area contributed by atoms with Crippen molar-refractivity contribution in [2.24, 2.45) is 0 Å². The molecule has 0 fully saturated rings. The lowest BCUT2D eigenvalue weighted by Crippen LogP contribution is -2.37. The minimum absolute atomic E-state index is 0.0444. The zero-order chi connectivity index (χ0) is 14.8. The van der Waals surface area contributed by atoms with Crippen LogP contribution < -0.4 is 0 Å². The maximum absolute atomic E-state index is 12.3. The number of allylic oxidation sites excluding steroid dienone is 1. The molecule has 1 atom stereocenters. The molecule has 1 amide bonds. The first-order valence-corrected chi connectivity index (χ1v) is 7.59. The van der Waals surface area contributed by atoms with Crippen LogP contribution in [0.1, 0.15) is 45.2 Å². The number of benzene rings is 1. The number of hydrogen-bond donors (Lipinski definition) is 0. The van der Waals surface area contributed by atoms with Gasteiger partial charge in [-0.25, -0.2) is 4.79 Å². The summed E-state index contributed by atoms with van der Waals surface area (Å²) in [7, 11) is 0. The lowest BCUT2D eigenvalue weighted by atomic mass is 9.98. The molecule has 0 aromatic heterocycles. The summed E-state index contributed by atoms with van der Waals surface area (Å²) in [6.07, 6.45) is 5.45. The monoisotopic (exact) mass is 337 g/mol. The Kier molecular flexibility index (Phi) is 4.53. The Morgan fingerprint density at radius 1 is 1.30 bits per heavy atom. The first-order chi connectivity index (χ1) is 9.37. The molecular weight excluding hydrogens is 318 g/mol. The van der Waals surface area contributed by atoms with E-state index >= 15 is 0 Å². The van der Waals surface area contributed by atoms with Crippen molar-refractivity contribution >= 4 is 22.0 Å². The Labute approximate surface area is 128 Å². The molecular formula is C16H20BrNO2. The van der Waals surface area contributed by atoms with E-state index in [0.717, 1.165) is 22.9 Å². The van der Waals surface area contributed by atoms with Crippen LogP contribution in [0.15, 0.2) is 41.0 Å². The third-order valence-electron chi connectivity index (χ3n) is 3.07. The number of carbonyl (C=O) groups is 1. The number of hydrogen-bond acceptors (Lipinski definition) is 2. The zero-order valence-electron chi connectivity index (χ0n) is 12.1. The summed E-state index contributed by atoms with van der Waals surface area (Å²) < 4.78 is 6.52. The molecule has 0 bridgehead atoms. The predicted octanol–water partition coefficient (Wildman–Crippen LogP) is 5.03. The van der Waals surface area contributed by atoms with Gasteiger partial charge in [0.2, 0.25) is 0 Å². The number of halogens is 1. The lowest BCUT2D eigenvalue weighted by molar-refractivity contribution is 0.0248. The SMILES string of the molecule is CC(C)(C)OC(=O)N1C=CCCC1c1ccc(Br)cc1. The maximum Gasteiger partial charge on any atom is 0.414 e. The van der Waals surface area contributed by atoms with Crippen LogP contribution in [0.5, 0.6) is 0 Å². The smallest absolute Gasteiger partial charge is 0.414 e. The van der Waals surface area contributed by atoms with Crippen LogP contribution in [0.25, 0.3) is 0 Å². The van der Waals surface area contributed by atoms with Crippen LogP contribution in [0, 0.1) is 0 Å². The summed E-state index contributed by atoms with van der Waals surface area (Å²) in [5.74, 6) is 0. The van der Waals surface area contributed by atoms with Crippen LogP contribution in [-0.2, 0) is 4.74 Å². The summed E-state index contributed by atoms with van der Waals surface area (Å²) in [4.78, 5) is 14.0. The van der Waals surface area contributed by atoms with Crippen molar-refractivity contribution in [3.8, 4) is 0 Å². The van der Waals surface area contributed by atoms with Gasteiger partial charge < -0.3 is 4.74 Å². The molecule has 1 aliphatic heterocycles. The Morgan fingerprint density at radius 3 is 2.55 bits per heavy atom. The van der Waals surface area contributed by atoms with Gasteiger partial charge in [0, 0.05) is 10.7 Å². The zero-order valence-corrected chi connectivity index (χ0v) is 13.7. The molecule has 0 saturated carbocycles. The highest BCUT2D eigenvalue weighted by molar-refractivity contribution is 9.10. The molecule has 1 unspecified atom stereocenters. The van der Waals surface area contributed by atoms with Gasteiger partial charge in [-0.1, -0.05) is 34.1 Å². The number of nitrogens with zero attached hydrogens (tertiary/aromatic N) is 1. The molecule has 0 radical (unpaired) electrons. The van der Waals surface area contributed by atoms with Crippen LogP contribution in [0.3, 0.4) is 0 Å². The highest BCUT2D eigenvalue weighted by Crippen LogP contribution is 2.31. The molecule has 1 heterocycles. The van der Waals surface area contributed by atoms with E-state index in [-0.39, 0.29) is 12.1 Å². The third kappa shape index (κ3) is 3.85. The largest absolute Gasteiger partial charge is 0.443 e. The van der Waals surface area contributed by atoms with Crippen molar-refractivity contribution in [2.75, 3.05) is 0 Å². The highest BCUT2D eigenvalue weighted by atomic mass is 79.9. The number of rotatable bonds is 1. The van der Waals surface area contributed by atoms with E-state index < -0.39 is 5.60 Å². The van der Waals surface area contributed by atoms with Gasteiger partial charge in [-0.3, -0.25) is 4.90 Å². The van der Waals surface area contributed by atoms with E-state index in [1.54, 1.807) is 4.90 Å². The van der Waals surface area contributed by atoms with E-state index in [1.165, 1.54) is 0 Å². The Bertz CT molecular complexity index is 502. The number of ether oxygens (including phenoxy) is 1. The van der Waals surface area contributed by atoms with Gasteiger partial charge >= 0.3 is 6.09 Å². The first kappa shape index (κ1) is 15.1. The minimum atomic E-state index is -0.480. The molecule has 0 spiro atoms. The quantitative estimate of drug-likeness (QED) is 0.718. The van der Waals surface area contributed by atoms with Crippen molar-refractivity contribution in [1.82, 2.24) is 4.90 Å². The van der Waals surface area contributed by atoms with Gasteiger partial charge in [-0.2, -0.15) is 0 Å². The second kappa shape index (κ2) is 6.00. The van der Waals surface area contributed by atoms with Crippen LogP contribution in [-0.4, -0.2) is 16.6 Å². The van der Waals surface area contributed by atoms with Crippen molar-refractivity contribution in [2.45, 2.75) is 45.3 Å². The Balaban J connectivity index is 2.20. The standard InChI is InChI=1S/C16H20BrNO2/c1-16(2,3)20-15(19)18-11-5-4-6-14(18)12-7-9-13(17)10-8-12/h5,7-11,14H,4,6H2,1-3H3. The van der Waals surface area contributed by atoms with Gasteiger partial charge in [0.1, 0.15) is 5.60 Å². The highest BCUT2D eigenvalue weighted by Gasteiger charge is 2.29. The summed E-state index contributed by atoms with van der Waals surface area (Å²) in [5.41, 5.74) is 0.649. The van der Waals surface area contributed by atoms with Crippen molar-refractivity contribution in [1.29, 1.82) is 0 Å². The first-order valence-electron chi connectivity index (χ1n) is 6.80. The van der Waals surface area contributed by atoms with Gasteiger partial charge in [0.05, 0.1) is 6.04 Å². The fourth-order valence-corrected chi connectivity index (χ4v) is 2.46. The summed E-state index contributed by atoms with van der Waals surface area (Å²) in [6, 6.07) is 8.14. The molecule has 108 valence electrons. The van der Waals surface area contributed by atoms with Crippen LogP contribution >= 0.6 is 15.9 Å². The normalized spacial score (nSPS) is 19.0. The van der Waals surface area contributed by atoms with Crippen molar-refractivity contribution in [3.05, 3.63) is 46.6 Å². The van der Waals surface area contributed by atoms with E-state index in [9.17, 15) is 4.79 Å². The van der Waals surface area contributed by atoms with E-state index in [4.69, 9.17) is 4.74 Å². The third-order valence-corrected chi connectivity index (χ3v) is 3.60. The van der Waals surface area contributed by atoms with Gasteiger partial charge in [-0.15, -0.1) is 0 Å². The Morgan fingerprint density at radius 2 is 1.95 bits per heavy atom. The molecule has 0 N–H and O–H groups in total. The fourth-order valence-electron chi connectivity index (χ4n) is 2.20. The molecule has 3 nitrogen and oxygen atoms in total. The molecule has 0 aliphatic carbocycles. The average molecular weight is 338 g/mol. The average Bonchev–Trinajstić information content (AvgIpc) is 2.38. The van der Waals surface area contributed by atoms with E-state index in [1.807, 2.05) is 57.3 Å². The topological polar surface area (TPSA) is 29.5 Å². The summed E-state index contributed by atoms with van der Waals surface area (Å²) in [6.45, 7) is 5.65. The summed E-state index contributed by atoms with van der Waals surface area (Å²) >= 11 is 3.43. The lowest BCUT2D eigenvalue weighted by Gasteiger charge is -2.33. The fraction of sp³-hybridized carbons (Fsp3) is 0.438. The molecule has 2 rings (SSSR count). The molecule has 1 aliphatic rings. The molecule has 1 aromatic carbocycles. The van der Waals surface area contributed by atoms with Crippen molar-refractivity contribution in [3.63, 3.8) is 0 Å². The van der Waals surface area contributed by atoms with E-state index in [2.05, 4.69) is 15.9 Å². The maximum atomic E-state index is 12.3. The van der Waals surface area contributed by atoms with Crippen LogP contribution in [0.4, 0.5) is 4.79 Å². The number of carbonyl (C=O) groups excluding carboxylic acids is 1. The Hall–Kier alpha value is -1.29. The molecule has 1 aromatic rings. The van der Waals surface area contributed by atoms with Gasteiger partial charge in [0.15, 0.2) is 0 Å². The van der Waals surface area contributed by atoms with Gasteiger partial charge in [-0.05, 0) is 51.3 Å². The summed E-state index contributed by atoms with van der Waals surface area (Å²) in [5, 5.41) is 0. The molecule has 20 heavy (non-hydrogen) atoms. The van der Waals surface area contributed by atoms with Crippen LogP contribution in [0.2, 0.25) is 0 Å². The molecule has 0 saturated heterocycles. The minimum Gasteiger partial charge on any atom is -0.443 e. The second-order valence-corrected chi connectivity index (χ2v) is 6.83. The molecule has 4 heteroatoms. The van der Waals surface area contributed by atoms with Gasteiger partial charge in [0.25, 0.3) is 0 Å². The number of amides is 1. The van der Waals surface area contributed by atoms with E-state index in [0.29, 0.717) is 0 Å². The van der Waals surface area contributed by atoms with Crippen molar-refractivity contribution < 1.29 is 9.53 Å². The predicted molar refractivity (Wildman–Crippen MR) is 83.3 cm³/mol.